The summed E-state index contributed by atoms with van der Waals surface area (Å²) in [6.07, 6.45) is 1.66. The van der Waals surface area contributed by atoms with E-state index in [1.165, 1.54) is 10.4 Å². The molecule has 6 nitrogen and oxygen atoms in total. The van der Waals surface area contributed by atoms with Gasteiger partial charge in [0, 0.05) is 0 Å². The van der Waals surface area contributed by atoms with Gasteiger partial charge in [-0.2, -0.15) is 5.10 Å². The fourth-order valence-corrected chi connectivity index (χ4v) is 1.36. The molecule has 88 valence electrons. The Kier molecular flexibility index (Phi) is 3.13. The van der Waals surface area contributed by atoms with Gasteiger partial charge in [0.2, 0.25) is 0 Å². The lowest BCUT2D eigenvalue weighted by Crippen LogP contribution is -1.99. The Labute approximate surface area is 99.1 Å². The van der Waals surface area contributed by atoms with Crippen LogP contribution < -0.4 is 5.73 Å². The van der Waals surface area contributed by atoms with Gasteiger partial charge in [0.15, 0.2) is 0 Å². The van der Waals surface area contributed by atoms with E-state index < -0.39 is 0 Å². The lowest BCUT2D eigenvalue weighted by Gasteiger charge is -2.04. The maximum atomic E-state index is 5.48. The Hall–Kier alpha value is -2.24. The summed E-state index contributed by atoms with van der Waals surface area (Å²) in [5.74, 6) is 0.691. The van der Waals surface area contributed by atoms with Crippen LogP contribution in [-0.2, 0) is 0 Å². The number of benzene rings is 1. The van der Waals surface area contributed by atoms with Gasteiger partial charge >= 0.3 is 0 Å². The van der Waals surface area contributed by atoms with Crippen LogP contribution in [0.5, 0.6) is 0 Å². The van der Waals surface area contributed by atoms with Gasteiger partial charge in [-0.05, 0) is 27.5 Å². The number of hydrogen-bond acceptors (Lipinski definition) is 5. The van der Waals surface area contributed by atoms with Crippen molar-refractivity contribution < 1.29 is 0 Å². The highest BCUT2D eigenvalue weighted by Crippen LogP contribution is 2.13. The normalized spacial score (nSPS) is 11.5. The Morgan fingerprint density at radius 3 is 2.53 bits per heavy atom. The fraction of sp³-hybridized carbons (Fsp3) is 0.273. The summed E-state index contributed by atoms with van der Waals surface area (Å²) in [6, 6.07) is 8.16. The molecule has 17 heavy (non-hydrogen) atoms. The van der Waals surface area contributed by atoms with Crippen molar-refractivity contribution in [3.8, 4) is 0 Å². The molecule has 0 aliphatic heterocycles. The van der Waals surface area contributed by atoms with E-state index in [4.69, 9.17) is 5.73 Å². The number of nitrogens with zero attached hydrogens (tertiary/aromatic N) is 5. The molecule has 0 amide bonds. The van der Waals surface area contributed by atoms with Crippen molar-refractivity contribution in [2.75, 3.05) is 5.73 Å². The Balaban J connectivity index is 2.14. The number of aromatic nitrogens is 4. The first-order valence-corrected chi connectivity index (χ1v) is 5.35. The van der Waals surface area contributed by atoms with Gasteiger partial charge in [0.05, 0.1) is 6.21 Å². The number of nitrogen functional groups attached to an aromatic ring is 1. The van der Waals surface area contributed by atoms with Crippen molar-refractivity contribution in [2.24, 2.45) is 5.10 Å². The first-order valence-electron chi connectivity index (χ1n) is 5.35. The van der Waals surface area contributed by atoms with Crippen LogP contribution in [0.4, 0.5) is 5.95 Å². The van der Waals surface area contributed by atoms with Crippen LogP contribution in [0.15, 0.2) is 29.4 Å². The van der Waals surface area contributed by atoms with Crippen molar-refractivity contribution in [1.29, 1.82) is 0 Å². The zero-order valence-corrected chi connectivity index (χ0v) is 9.78. The highest BCUT2D eigenvalue weighted by molar-refractivity contribution is 5.79. The lowest BCUT2D eigenvalue weighted by molar-refractivity contribution is 0.699. The first-order chi connectivity index (χ1) is 8.16. The van der Waals surface area contributed by atoms with Gasteiger partial charge in [-0.3, -0.25) is 0 Å². The van der Waals surface area contributed by atoms with E-state index >= 15 is 0 Å². The summed E-state index contributed by atoms with van der Waals surface area (Å²) in [6.45, 7) is 4.32. The summed E-state index contributed by atoms with van der Waals surface area (Å²) >= 11 is 0. The summed E-state index contributed by atoms with van der Waals surface area (Å²) in [5.41, 5.74) is 7.75. The van der Waals surface area contributed by atoms with Crippen molar-refractivity contribution in [2.45, 2.75) is 19.8 Å². The number of hydrogen-bond donors (Lipinski definition) is 1. The van der Waals surface area contributed by atoms with Gasteiger partial charge in [-0.1, -0.05) is 48.0 Å². The van der Waals surface area contributed by atoms with E-state index in [-0.39, 0.29) is 5.95 Å². The van der Waals surface area contributed by atoms with Gasteiger partial charge in [-0.15, -0.1) is 0 Å². The van der Waals surface area contributed by atoms with Crippen LogP contribution in [0.1, 0.15) is 30.9 Å². The van der Waals surface area contributed by atoms with Gasteiger partial charge in [0.25, 0.3) is 5.95 Å². The molecular weight excluding hydrogens is 216 g/mol. The minimum atomic E-state index is 0.167. The minimum Gasteiger partial charge on any atom is -0.365 e. The molecule has 0 radical (unpaired) electrons. The van der Waals surface area contributed by atoms with E-state index in [1.54, 1.807) is 6.21 Å². The van der Waals surface area contributed by atoms with Crippen LogP contribution in [0.2, 0.25) is 0 Å². The van der Waals surface area contributed by atoms with Gasteiger partial charge in [-0.25, -0.2) is 0 Å². The molecule has 0 spiro atoms. The Morgan fingerprint density at radius 1 is 1.29 bits per heavy atom. The topological polar surface area (TPSA) is 82.0 Å². The van der Waals surface area contributed by atoms with Crippen LogP contribution >= 0.6 is 0 Å². The van der Waals surface area contributed by atoms with Gasteiger partial charge < -0.3 is 5.73 Å². The zero-order valence-electron chi connectivity index (χ0n) is 9.78. The fourth-order valence-electron chi connectivity index (χ4n) is 1.36. The van der Waals surface area contributed by atoms with Crippen molar-refractivity contribution in [1.82, 2.24) is 20.3 Å². The van der Waals surface area contributed by atoms with Crippen LogP contribution in [0, 0.1) is 0 Å². The largest absolute Gasteiger partial charge is 0.365 e. The maximum absolute atomic E-state index is 5.48. The minimum absolute atomic E-state index is 0.167. The predicted molar refractivity (Wildman–Crippen MR) is 65.8 cm³/mol. The van der Waals surface area contributed by atoms with E-state index in [0.717, 1.165) is 5.56 Å². The molecule has 0 aliphatic rings. The van der Waals surface area contributed by atoms with Gasteiger partial charge in [0.1, 0.15) is 0 Å². The molecule has 0 aliphatic carbocycles. The van der Waals surface area contributed by atoms with Crippen LogP contribution in [-0.4, -0.2) is 26.5 Å². The molecule has 2 rings (SSSR count). The van der Waals surface area contributed by atoms with E-state index in [9.17, 15) is 0 Å². The van der Waals surface area contributed by atoms with Crippen LogP contribution in [0.25, 0.3) is 0 Å². The van der Waals surface area contributed by atoms with E-state index in [0.29, 0.717) is 5.92 Å². The summed E-state index contributed by atoms with van der Waals surface area (Å²) < 4.78 is 0. The Bertz CT molecular complexity index is 511. The first kappa shape index (κ1) is 11.3. The molecule has 1 heterocycles. The SMILES string of the molecule is CC(C)c1ccc(C=Nn2nnnc2N)cc1. The monoisotopic (exact) mass is 230 g/mol. The number of anilines is 1. The van der Waals surface area contributed by atoms with Crippen molar-refractivity contribution >= 4 is 12.2 Å². The number of tetrazole rings is 1. The molecule has 2 N–H and O–H groups in total. The second kappa shape index (κ2) is 4.73. The third-order valence-electron chi connectivity index (χ3n) is 2.40. The third kappa shape index (κ3) is 2.66. The molecule has 2 aromatic rings. The number of rotatable bonds is 3. The third-order valence-corrected chi connectivity index (χ3v) is 2.40. The molecule has 1 aromatic heterocycles. The molecule has 0 bridgehead atoms. The highest BCUT2D eigenvalue weighted by Gasteiger charge is 1.99. The average molecular weight is 230 g/mol. The van der Waals surface area contributed by atoms with E-state index in [1.807, 2.05) is 12.1 Å². The molecule has 0 saturated carbocycles. The quantitative estimate of drug-likeness (QED) is 0.805. The standard InChI is InChI=1S/C11H14N6/c1-8(2)10-5-3-9(4-6-10)7-13-17-11(12)14-15-16-17/h3-8H,1-2H3,(H2,12,14,16). The summed E-state index contributed by atoms with van der Waals surface area (Å²) in [5, 5.41) is 14.6. The van der Waals surface area contributed by atoms with Crippen LogP contribution in [0.3, 0.4) is 0 Å². The summed E-state index contributed by atoms with van der Waals surface area (Å²) in [4.78, 5) is 1.18. The number of nitrogens with two attached hydrogens (primary N) is 1. The molecule has 0 unspecified atom stereocenters. The van der Waals surface area contributed by atoms with Crippen molar-refractivity contribution in [3.63, 3.8) is 0 Å². The van der Waals surface area contributed by atoms with E-state index in [2.05, 4.69) is 46.6 Å². The smallest absolute Gasteiger partial charge is 0.263 e. The molecule has 1 aromatic carbocycles. The molecular formula is C11H14N6. The van der Waals surface area contributed by atoms with Crippen molar-refractivity contribution in [3.05, 3.63) is 35.4 Å². The molecule has 6 heteroatoms. The zero-order chi connectivity index (χ0) is 12.3. The molecule has 0 saturated heterocycles. The maximum Gasteiger partial charge on any atom is 0.263 e. The molecule has 0 atom stereocenters. The second-order valence-corrected chi connectivity index (χ2v) is 3.99. The molecule has 0 fully saturated rings. The lowest BCUT2D eigenvalue weighted by atomic mass is 10.0. The highest BCUT2D eigenvalue weighted by atomic mass is 15.7. The second-order valence-electron chi connectivity index (χ2n) is 3.99. The Morgan fingerprint density at radius 2 is 2.00 bits per heavy atom. The predicted octanol–water partition coefficient (Wildman–Crippen LogP) is 1.26. The summed E-state index contributed by atoms with van der Waals surface area (Å²) in [7, 11) is 0. The average Bonchev–Trinajstić information content (AvgIpc) is 2.73.